The molecule has 6 nitrogen and oxygen atoms in total. The minimum atomic E-state index is -0.144. The number of pyridine rings is 1. The van der Waals surface area contributed by atoms with Crippen molar-refractivity contribution in [2.45, 2.75) is 72.8 Å². The average molecular weight is 489 g/mol. The Kier molecular flexibility index (Phi) is 11.8. The highest BCUT2D eigenvalue weighted by atomic mass is 35.5. The maximum absolute atomic E-state index is 13.4. The number of amides is 2. The number of carbonyl (C=O) groups is 2. The number of hydrogen-bond donors (Lipinski definition) is 1. The summed E-state index contributed by atoms with van der Waals surface area (Å²) >= 11 is 6.18. The molecule has 34 heavy (non-hydrogen) atoms. The van der Waals surface area contributed by atoms with Gasteiger partial charge < -0.3 is 10.2 Å². The van der Waals surface area contributed by atoms with Gasteiger partial charge in [0.1, 0.15) is 5.78 Å². The molecule has 2 rings (SSSR count). The van der Waals surface area contributed by atoms with Gasteiger partial charge in [-0.25, -0.2) is 4.79 Å². The summed E-state index contributed by atoms with van der Waals surface area (Å²) in [5, 5.41) is 4.56. The normalized spacial score (nSPS) is 12.4. The Morgan fingerprint density at radius 1 is 1.09 bits per heavy atom. The summed E-state index contributed by atoms with van der Waals surface area (Å²) < 4.78 is 0. The summed E-state index contributed by atoms with van der Waals surface area (Å²) in [4.78, 5) is 34.1. The quantitative estimate of drug-likeness (QED) is 0.316. The van der Waals surface area contributed by atoms with Crippen LogP contribution in [-0.4, -0.2) is 53.9 Å². The van der Waals surface area contributed by atoms with Crippen molar-refractivity contribution < 1.29 is 9.59 Å². The number of nitrogens with zero attached hydrogens (tertiary/aromatic N) is 3. The Bertz CT molecular complexity index is 930. The van der Waals surface area contributed by atoms with Crippen LogP contribution < -0.4 is 10.2 Å². The summed E-state index contributed by atoms with van der Waals surface area (Å²) in [7, 11) is 0. The Morgan fingerprint density at radius 3 is 2.50 bits per heavy atom. The van der Waals surface area contributed by atoms with Crippen LogP contribution in [0.25, 0.3) is 10.9 Å². The zero-order chi connectivity index (χ0) is 25.1. The second-order valence-electron chi connectivity index (χ2n) is 9.35. The molecular weight excluding hydrogens is 448 g/mol. The van der Waals surface area contributed by atoms with Crippen molar-refractivity contribution in [3.63, 3.8) is 0 Å². The van der Waals surface area contributed by atoms with E-state index in [0.29, 0.717) is 36.7 Å². The lowest BCUT2D eigenvalue weighted by molar-refractivity contribution is -0.119. The Labute approximate surface area is 210 Å². The number of halogens is 1. The third-order valence-corrected chi connectivity index (χ3v) is 6.37. The smallest absolute Gasteiger partial charge is 0.322 e. The van der Waals surface area contributed by atoms with E-state index in [1.54, 1.807) is 6.20 Å². The first-order valence-corrected chi connectivity index (χ1v) is 13.0. The molecule has 0 radical (unpaired) electrons. The molecule has 1 atom stereocenters. The van der Waals surface area contributed by atoms with E-state index in [1.807, 2.05) is 43.0 Å². The third kappa shape index (κ3) is 8.55. The second-order valence-corrected chi connectivity index (χ2v) is 9.79. The lowest BCUT2D eigenvalue weighted by Crippen LogP contribution is -2.46. The summed E-state index contributed by atoms with van der Waals surface area (Å²) in [6, 6.07) is 7.32. The van der Waals surface area contributed by atoms with Gasteiger partial charge in [-0.1, -0.05) is 39.3 Å². The Balaban J connectivity index is 2.16. The van der Waals surface area contributed by atoms with Crippen LogP contribution in [0.2, 0.25) is 5.02 Å². The molecule has 1 aromatic heterocycles. The van der Waals surface area contributed by atoms with Gasteiger partial charge in [-0.15, -0.1) is 0 Å². The topological polar surface area (TPSA) is 65.5 Å². The summed E-state index contributed by atoms with van der Waals surface area (Å²) in [5.41, 5.74) is 1.59. The number of anilines is 1. The molecule has 2 aromatic rings. The molecule has 0 spiro atoms. The molecule has 1 heterocycles. The standard InChI is InChI=1S/C27H41ClN4O2/c1-6-31(7-2)17-9-10-21(5)32(27(34)30-15-8-11-23(33)18-20(3)4)26-14-16-29-25-19-22(28)12-13-24(25)26/h12-14,16,19-21H,6-11,15,17-18H2,1-5H3,(H,30,34). The first-order chi connectivity index (χ1) is 16.3. The second kappa shape index (κ2) is 14.3. The maximum Gasteiger partial charge on any atom is 0.322 e. The van der Waals surface area contributed by atoms with Crippen LogP contribution in [0.3, 0.4) is 0 Å². The number of hydrogen-bond acceptors (Lipinski definition) is 4. The lowest BCUT2D eigenvalue weighted by Gasteiger charge is -2.31. The summed E-state index contributed by atoms with van der Waals surface area (Å²) in [6.07, 6.45) is 5.35. The highest BCUT2D eigenvalue weighted by Crippen LogP contribution is 2.30. The van der Waals surface area contributed by atoms with E-state index < -0.39 is 0 Å². The molecule has 0 bridgehead atoms. The number of carbonyl (C=O) groups excluding carboxylic acids is 2. The zero-order valence-electron chi connectivity index (χ0n) is 21.4. The summed E-state index contributed by atoms with van der Waals surface area (Å²) in [6.45, 7) is 14.1. The van der Waals surface area contributed by atoms with Gasteiger partial charge in [0.05, 0.1) is 11.2 Å². The predicted molar refractivity (Wildman–Crippen MR) is 143 cm³/mol. The van der Waals surface area contributed by atoms with Crippen LogP contribution in [0.5, 0.6) is 0 Å². The molecule has 1 unspecified atom stereocenters. The van der Waals surface area contributed by atoms with Gasteiger partial charge in [-0.2, -0.15) is 0 Å². The SMILES string of the molecule is CCN(CC)CCCC(C)N(C(=O)NCCCC(=O)CC(C)C)c1ccnc2cc(Cl)ccc12. The van der Waals surface area contributed by atoms with E-state index in [1.165, 1.54) is 0 Å². The maximum atomic E-state index is 13.4. The number of ketones is 1. The fourth-order valence-corrected chi connectivity index (χ4v) is 4.43. The van der Waals surface area contributed by atoms with E-state index in [-0.39, 0.29) is 17.9 Å². The molecule has 1 aromatic carbocycles. The fraction of sp³-hybridized carbons (Fsp3) is 0.593. The van der Waals surface area contributed by atoms with Crippen molar-refractivity contribution in [1.29, 1.82) is 0 Å². The van der Waals surface area contributed by atoms with Crippen molar-refractivity contribution in [3.8, 4) is 0 Å². The number of benzene rings is 1. The van der Waals surface area contributed by atoms with Gasteiger partial charge in [-0.05, 0) is 76.0 Å². The van der Waals surface area contributed by atoms with E-state index in [4.69, 9.17) is 11.6 Å². The number of fused-ring (bicyclic) bond motifs is 1. The number of nitrogens with one attached hydrogen (secondary N) is 1. The average Bonchev–Trinajstić information content (AvgIpc) is 2.79. The molecule has 0 saturated heterocycles. The van der Waals surface area contributed by atoms with Gasteiger partial charge >= 0.3 is 6.03 Å². The summed E-state index contributed by atoms with van der Waals surface area (Å²) in [5.74, 6) is 0.617. The molecule has 0 aliphatic heterocycles. The van der Waals surface area contributed by atoms with Crippen molar-refractivity contribution in [2.75, 3.05) is 31.1 Å². The van der Waals surface area contributed by atoms with Gasteiger partial charge in [0.2, 0.25) is 0 Å². The van der Waals surface area contributed by atoms with Gasteiger partial charge in [-0.3, -0.25) is 14.7 Å². The number of rotatable bonds is 14. The zero-order valence-corrected chi connectivity index (χ0v) is 22.2. The van der Waals surface area contributed by atoms with Crippen LogP contribution in [0.4, 0.5) is 10.5 Å². The number of urea groups is 1. The molecule has 0 aliphatic carbocycles. The fourth-order valence-electron chi connectivity index (χ4n) is 4.27. The van der Waals surface area contributed by atoms with Crippen molar-refractivity contribution in [2.24, 2.45) is 5.92 Å². The first-order valence-electron chi connectivity index (χ1n) is 12.6. The van der Waals surface area contributed by atoms with Crippen LogP contribution in [0, 0.1) is 5.92 Å². The van der Waals surface area contributed by atoms with E-state index in [0.717, 1.165) is 49.1 Å². The monoisotopic (exact) mass is 488 g/mol. The van der Waals surface area contributed by atoms with Crippen molar-refractivity contribution >= 4 is 40.0 Å². The number of Topliss-reactive ketones (excluding diaryl/α,β-unsaturated/α-hetero) is 1. The number of aromatic nitrogens is 1. The molecular formula is C27H41ClN4O2. The van der Waals surface area contributed by atoms with Crippen LogP contribution in [0.15, 0.2) is 30.5 Å². The van der Waals surface area contributed by atoms with E-state index >= 15 is 0 Å². The Hall–Kier alpha value is -2.18. The molecule has 2 amide bonds. The minimum absolute atomic E-state index is 0.000543. The minimum Gasteiger partial charge on any atom is -0.338 e. The van der Waals surface area contributed by atoms with E-state index in [2.05, 4.69) is 36.0 Å². The molecule has 0 fully saturated rings. The highest BCUT2D eigenvalue weighted by molar-refractivity contribution is 6.31. The van der Waals surface area contributed by atoms with Crippen molar-refractivity contribution in [3.05, 3.63) is 35.5 Å². The van der Waals surface area contributed by atoms with Crippen LogP contribution in [0.1, 0.15) is 66.7 Å². The van der Waals surface area contributed by atoms with Crippen molar-refractivity contribution in [1.82, 2.24) is 15.2 Å². The molecule has 0 saturated carbocycles. The third-order valence-electron chi connectivity index (χ3n) is 6.14. The molecule has 0 aliphatic rings. The van der Waals surface area contributed by atoms with Crippen LogP contribution in [-0.2, 0) is 4.79 Å². The molecule has 1 N–H and O–H groups in total. The molecule has 188 valence electrons. The van der Waals surface area contributed by atoms with Crippen LogP contribution >= 0.6 is 11.6 Å². The van der Waals surface area contributed by atoms with E-state index in [9.17, 15) is 9.59 Å². The van der Waals surface area contributed by atoms with Gasteiger partial charge in [0.25, 0.3) is 0 Å². The largest absolute Gasteiger partial charge is 0.338 e. The lowest BCUT2D eigenvalue weighted by atomic mass is 10.0. The highest BCUT2D eigenvalue weighted by Gasteiger charge is 2.24. The first kappa shape index (κ1) is 28.1. The van der Waals surface area contributed by atoms with Gasteiger partial charge in [0, 0.05) is 42.0 Å². The molecule has 7 heteroatoms. The Morgan fingerprint density at radius 2 is 1.82 bits per heavy atom. The van der Waals surface area contributed by atoms with Gasteiger partial charge in [0.15, 0.2) is 0 Å². The predicted octanol–water partition coefficient (Wildman–Crippen LogP) is 6.31.